The normalized spacial score (nSPS) is 10.4. The van der Waals surface area contributed by atoms with E-state index in [-0.39, 0.29) is 18.7 Å². The Morgan fingerprint density at radius 1 is 0.824 bits per heavy atom. The Hall–Kier alpha value is -3.00. The maximum atomic E-state index is 12.1. The molecule has 0 saturated carbocycles. The maximum absolute atomic E-state index is 12.1. The van der Waals surface area contributed by atoms with Crippen molar-refractivity contribution in [3.05, 3.63) is 82.3 Å². The molecule has 0 heterocycles. The van der Waals surface area contributed by atoms with Gasteiger partial charge in [0.15, 0.2) is 6.61 Å². The van der Waals surface area contributed by atoms with Crippen LogP contribution in [0.3, 0.4) is 0 Å². The van der Waals surface area contributed by atoms with Crippen molar-refractivity contribution in [1.29, 1.82) is 0 Å². The van der Waals surface area contributed by atoms with Crippen molar-refractivity contribution >= 4 is 64.1 Å². The van der Waals surface area contributed by atoms with Crippen molar-refractivity contribution in [2.24, 2.45) is 0 Å². The number of nitrogens with one attached hydrogen (secondary N) is 2. The van der Waals surface area contributed by atoms with Gasteiger partial charge in [0.2, 0.25) is 5.91 Å². The fourth-order valence-corrected chi connectivity index (χ4v) is 3.95. The lowest BCUT2D eigenvalue weighted by Gasteiger charge is -2.10. The molecule has 2 amide bonds. The van der Waals surface area contributed by atoms with Gasteiger partial charge >= 0.3 is 5.97 Å². The molecule has 0 radical (unpaired) electrons. The van der Waals surface area contributed by atoms with E-state index >= 15 is 0 Å². The number of anilines is 2. The van der Waals surface area contributed by atoms with E-state index in [0.717, 1.165) is 15.4 Å². The summed E-state index contributed by atoms with van der Waals surface area (Å²) in [6.07, 6.45) is -0.199. The van der Waals surface area contributed by atoms with E-state index in [9.17, 15) is 14.4 Å². The van der Waals surface area contributed by atoms with Gasteiger partial charge in [-0.15, -0.1) is 0 Å². The Morgan fingerprint density at radius 3 is 2.15 bits per heavy atom. The smallest absolute Gasteiger partial charge is 0.306 e. The summed E-state index contributed by atoms with van der Waals surface area (Å²) in [5.41, 5.74) is 1.89. The minimum Gasteiger partial charge on any atom is -0.456 e. The van der Waals surface area contributed by atoms with Gasteiger partial charge in [0.1, 0.15) is 0 Å². The molecule has 2 N–H and O–H groups in total. The molecule has 0 atom stereocenters. The highest BCUT2D eigenvalue weighted by atomic mass is 35.5. The number of halogens is 2. The number of amides is 2. The first-order valence-corrected chi connectivity index (χ1v) is 11.9. The number of esters is 1. The summed E-state index contributed by atoms with van der Waals surface area (Å²) in [5, 5.41) is 6.58. The van der Waals surface area contributed by atoms with Crippen LogP contribution in [-0.4, -0.2) is 24.4 Å². The zero-order valence-corrected chi connectivity index (χ0v) is 20.6. The Labute approximate surface area is 212 Å². The molecule has 9 heteroatoms. The van der Waals surface area contributed by atoms with Crippen LogP contribution in [0.1, 0.15) is 18.4 Å². The standard InChI is InChI=1S/C25H22Cl2N2O4S/c1-16-21(27)3-2-4-22(16)29-24(31)15-33-25(32)14-13-23(30)28-18-7-11-20(12-8-18)34-19-9-5-17(26)6-10-19/h2-12H,13-15H2,1H3,(H,28,30)(H,29,31). The van der Waals surface area contributed by atoms with Crippen molar-refractivity contribution < 1.29 is 19.1 Å². The van der Waals surface area contributed by atoms with Crippen molar-refractivity contribution in [2.75, 3.05) is 17.2 Å². The molecule has 3 rings (SSSR count). The van der Waals surface area contributed by atoms with Crippen LogP contribution in [0.25, 0.3) is 0 Å². The summed E-state index contributed by atoms with van der Waals surface area (Å²) in [6, 6.07) is 20.0. The van der Waals surface area contributed by atoms with Crippen LogP contribution in [0.15, 0.2) is 76.5 Å². The van der Waals surface area contributed by atoms with Crippen molar-refractivity contribution in [1.82, 2.24) is 0 Å². The van der Waals surface area contributed by atoms with E-state index < -0.39 is 18.5 Å². The van der Waals surface area contributed by atoms with Gasteiger partial charge in [0.25, 0.3) is 5.91 Å². The molecule has 3 aromatic carbocycles. The summed E-state index contributed by atoms with van der Waals surface area (Å²) >= 11 is 13.5. The summed E-state index contributed by atoms with van der Waals surface area (Å²) in [4.78, 5) is 38.1. The van der Waals surface area contributed by atoms with Crippen molar-refractivity contribution in [2.45, 2.75) is 29.6 Å². The molecule has 0 aromatic heterocycles. The van der Waals surface area contributed by atoms with E-state index in [1.807, 2.05) is 36.4 Å². The van der Waals surface area contributed by atoms with E-state index in [2.05, 4.69) is 10.6 Å². The average molecular weight is 517 g/mol. The van der Waals surface area contributed by atoms with E-state index in [1.165, 1.54) is 0 Å². The van der Waals surface area contributed by atoms with Crippen molar-refractivity contribution in [3.8, 4) is 0 Å². The van der Waals surface area contributed by atoms with Crippen LogP contribution in [0.2, 0.25) is 10.0 Å². The number of carbonyl (C=O) groups excluding carboxylic acids is 3. The highest BCUT2D eigenvalue weighted by molar-refractivity contribution is 7.99. The summed E-state index contributed by atoms with van der Waals surface area (Å²) in [5.74, 6) is -1.45. The van der Waals surface area contributed by atoms with Gasteiger partial charge in [0, 0.05) is 37.6 Å². The second kappa shape index (κ2) is 12.5. The minimum atomic E-state index is -0.636. The monoisotopic (exact) mass is 516 g/mol. The minimum absolute atomic E-state index is 0.0604. The summed E-state index contributed by atoms with van der Waals surface area (Å²) in [6.45, 7) is 1.33. The number of benzene rings is 3. The molecule has 0 bridgehead atoms. The molecule has 0 aliphatic carbocycles. The SMILES string of the molecule is Cc1c(Cl)cccc1NC(=O)COC(=O)CCC(=O)Nc1ccc(Sc2ccc(Cl)cc2)cc1. The quantitative estimate of drug-likeness (QED) is 0.323. The first-order chi connectivity index (χ1) is 16.3. The van der Waals surface area contributed by atoms with Crippen LogP contribution >= 0.6 is 35.0 Å². The second-order valence-electron chi connectivity index (χ2n) is 7.25. The van der Waals surface area contributed by atoms with Crippen LogP contribution in [0.4, 0.5) is 11.4 Å². The lowest BCUT2D eigenvalue weighted by Crippen LogP contribution is -2.22. The van der Waals surface area contributed by atoms with Crippen LogP contribution in [0.5, 0.6) is 0 Å². The Morgan fingerprint density at radius 2 is 1.47 bits per heavy atom. The van der Waals surface area contributed by atoms with Gasteiger partial charge < -0.3 is 15.4 Å². The highest BCUT2D eigenvalue weighted by Crippen LogP contribution is 2.29. The number of ether oxygens (including phenoxy) is 1. The predicted molar refractivity (Wildman–Crippen MR) is 136 cm³/mol. The Bertz CT molecular complexity index is 1170. The molecule has 0 unspecified atom stereocenters. The molecular weight excluding hydrogens is 495 g/mol. The van der Waals surface area contributed by atoms with Gasteiger partial charge in [-0.25, -0.2) is 0 Å². The third-order valence-corrected chi connectivity index (χ3v) is 6.33. The fourth-order valence-electron chi connectivity index (χ4n) is 2.83. The van der Waals surface area contributed by atoms with E-state index in [0.29, 0.717) is 21.4 Å². The molecular formula is C25H22Cl2N2O4S. The third kappa shape index (κ3) is 8.09. The molecule has 176 valence electrons. The first-order valence-electron chi connectivity index (χ1n) is 10.3. The zero-order chi connectivity index (χ0) is 24.5. The van der Waals surface area contributed by atoms with Gasteiger partial charge in [-0.3, -0.25) is 14.4 Å². The van der Waals surface area contributed by atoms with Gasteiger partial charge in [0.05, 0.1) is 6.42 Å². The number of hydrogen-bond donors (Lipinski definition) is 2. The summed E-state index contributed by atoms with van der Waals surface area (Å²) < 4.78 is 4.95. The summed E-state index contributed by atoms with van der Waals surface area (Å²) in [7, 11) is 0. The van der Waals surface area contributed by atoms with E-state index in [1.54, 1.807) is 49.0 Å². The van der Waals surface area contributed by atoms with E-state index in [4.69, 9.17) is 27.9 Å². The van der Waals surface area contributed by atoms with Crippen LogP contribution in [0, 0.1) is 6.92 Å². The van der Waals surface area contributed by atoms with Gasteiger partial charge in [-0.2, -0.15) is 0 Å². The number of hydrogen-bond acceptors (Lipinski definition) is 5. The molecule has 0 spiro atoms. The molecule has 6 nitrogen and oxygen atoms in total. The lowest BCUT2D eigenvalue weighted by atomic mass is 10.2. The third-order valence-electron chi connectivity index (χ3n) is 4.65. The number of carbonyl (C=O) groups is 3. The molecule has 0 aliphatic rings. The zero-order valence-electron chi connectivity index (χ0n) is 18.3. The van der Waals surface area contributed by atoms with Crippen LogP contribution < -0.4 is 10.6 Å². The Balaban J connectivity index is 1.37. The fraction of sp³-hybridized carbons (Fsp3) is 0.160. The molecule has 3 aromatic rings. The largest absolute Gasteiger partial charge is 0.456 e. The molecule has 0 saturated heterocycles. The molecule has 0 aliphatic heterocycles. The topological polar surface area (TPSA) is 84.5 Å². The number of rotatable bonds is 9. The van der Waals surface area contributed by atoms with Crippen molar-refractivity contribution in [3.63, 3.8) is 0 Å². The average Bonchev–Trinajstić information content (AvgIpc) is 2.82. The van der Waals surface area contributed by atoms with Crippen LogP contribution in [-0.2, 0) is 19.1 Å². The maximum Gasteiger partial charge on any atom is 0.306 e. The Kier molecular flexibility index (Phi) is 9.39. The first kappa shape index (κ1) is 25.6. The van der Waals surface area contributed by atoms with Gasteiger partial charge in [-0.1, -0.05) is 41.0 Å². The highest BCUT2D eigenvalue weighted by Gasteiger charge is 2.12. The predicted octanol–water partition coefficient (Wildman–Crippen LogP) is 6.35. The molecule has 0 fully saturated rings. The second-order valence-corrected chi connectivity index (χ2v) is 9.24. The lowest BCUT2D eigenvalue weighted by molar-refractivity contribution is -0.147. The van der Waals surface area contributed by atoms with Gasteiger partial charge in [-0.05, 0) is 73.2 Å². The molecule has 34 heavy (non-hydrogen) atoms.